The molecule has 0 atom stereocenters. The van der Waals surface area contributed by atoms with Crippen molar-refractivity contribution in [2.45, 2.75) is 84.3 Å². The SMILES string of the molecule is CC(C)C(C)(C)[SiH2]OC(C)(C)CCCC=CCCCO. The Bertz CT molecular complexity index is 270. The molecule has 0 aliphatic heterocycles. The highest BCUT2D eigenvalue weighted by atomic mass is 28.2. The van der Waals surface area contributed by atoms with Crippen LogP contribution >= 0.6 is 0 Å². The van der Waals surface area contributed by atoms with Crippen LogP contribution in [-0.4, -0.2) is 27.1 Å². The predicted molar refractivity (Wildman–Crippen MR) is 91.9 cm³/mol. The average molecular weight is 301 g/mol. The fourth-order valence-electron chi connectivity index (χ4n) is 1.71. The normalized spacial score (nSPS) is 14.2. The Morgan fingerprint density at radius 2 is 1.60 bits per heavy atom. The lowest BCUT2D eigenvalue weighted by molar-refractivity contribution is 0.0945. The summed E-state index contributed by atoms with van der Waals surface area (Å²) in [6.45, 7) is 14.0. The van der Waals surface area contributed by atoms with E-state index in [1.165, 1.54) is 6.42 Å². The van der Waals surface area contributed by atoms with Gasteiger partial charge in [-0.25, -0.2) is 0 Å². The van der Waals surface area contributed by atoms with E-state index >= 15 is 0 Å². The smallest absolute Gasteiger partial charge is 0.168 e. The molecule has 1 N–H and O–H groups in total. The Labute approximate surface area is 128 Å². The average Bonchev–Trinajstić information content (AvgIpc) is 2.35. The summed E-state index contributed by atoms with van der Waals surface area (Å²) in [5, 5.41) is 9.07. The highest BCUT2D eigenvalue weighted by Crippen LogP contribution is 2.34. The molecule has 0 rings (SSSR count). The van der Waals surface area contributed by atoms with Gasteiger partial charge in [0.25, 0.3) is 0 Å². The number of rotatable bonds is 11. The van der Waals surface area contributed by atoms with Crippen molar-refractivity contribution in [2.24, 2.45) is 5.92 Å². The van der Waals surface area contributed by atoms with E-state index < -0.39 is 9.76 Å². The molecule has 0 fully saturated rings. The standard InChI is InChI=1S/C17H36O2Si/c1-15(2)17(5,6)20-19-16(3,4)13-11-9-7-8-10-12-14-18/h7-8,15,18H,9-14,20H2,1-6H3. The van der Waals surface area contributed by atoms with Gasteiger partial charge in [0.1, 0.15) is 0 Å². The summed E-state index contributed by atoms with van der Waals surface area (Å²) >= 11 is 0. The third-order valence-electron chi connectivity index (χ3n) is 4.24. The first kappa shape index (κ1) is 19.9. The first-order valence-electron chi connectivity index (χ1n) is 8.11. The van der Waals surface area contributed by atoms with Gasteiger partial charge < -0.3 is 9.53 Å². The zero-order valence-corrected chi connectivity index (χ0v) is 16.0. The molecular formula is C17H36O2Si. The fraction of sp³-hybridized carbons (Fsp3) is 0.882. The second-order valence-corrected chi connectivity index (χ2v) is 9.82. The van der Waals surface area contributed by atoms with Crippen LogP contribution in [0.4, 0.5) is 0 Å². The molecule has 0 radical (unpaired) electrons. The highest BCUT2D eigenvalue weighted by molar-refractivity contribution is 6.32. The van der Waals surface area contributed by atoms with Crippen LogP contribution in [0.5, 0.6) is 0 Å². The summed E-state index contributed by atoms with van der Waals surface area (Å²) in [7, 11) is -0.509. The van der Waals surface area contributed by atoms with Gasteiger partial charge in [-0.15, -0.1) is 0 Å². The van der Waals surface area contributed by atoms with Crippen molar-refractivity contribution in [1.82, 2.24) is 0 Å². The van der Waals surface area contributed by atoms with Gasteiger partial charge in [0.2, 0.25) is 0 Å². The Kier molecular flexibility index (Phi) is 9.69. The molecule has 0 amide bonds. The molecule has 0 aromatic rings. The van der Waals surface area contributed by atoms with Crippen LogP contribution in [0.15, 0.2) is 12.2 Å². The van der Waals surface area contributed by atoms with E-state index in [0.29, 0.717) is 17.6 Å². The van der Waals surface area contributed by atoms with E-state index in [-0.39, 0.29) is 5.60 Å². The van der Waals surface area contributed by atoms with Crippen molar-refractivity contribution in [3.63, 3.8) is 0 Å². The maximum atomic E-state index is 8.69. The van der Waals surface area contributed by atoms with E-state index in [4.69, 9.17) is 9.53 Å². The van der Waals surface area contributed by atoms with E-state index in [0.717, 1.165) is 25.7 Å². The summed E-state index contributed by atoms with van der Waals surface area (Å²) in [4.78, 5) is 0. The predicted octanol–water partition coefficient (Wildman–Crippen LogP) is 4.22. The number of hydrogen-bond acceptors (Lipinski definition) is 2. The lowest BCUT2D eigenvalue weighted by Gasteiger charge is -2.34. The van der Waals surface area contributed by atoms with Crippen LogP contribution in [0.2, 0.25) is 5.04 Å². The van der Waals surface area contributed by atoms with Crippen LogP contribution in [0, 0.1) is 5.92 Å². The van der Waals surface area contributed by atoms with Gasteiger partial charge in [0.05, 0.1) is 0 Å². The quantitative estimate of drug-likeness (QED) is 0.352. The topological polar surface area (TPSA) is 29.5 Å². The molecule has 0 heterocycles. The van der Waals surface area contributed by atoms with Crippen LogP contribution in [0.1, 0.15) is 73.6 Å². The summed E-state index contributed by atoms with van der Waals surface area (Å²) in [5.41, 5.74) is 0.0251. The van der Waals surface area contributed by atoms with E-state index in [1.807, 2.05) is 0 Å². The lowest BCUT2D eigenvalue weighted by Crippen LogP contribution is -2.32. The second kappa shape index (κ2) is 9.75. The van der Waals surface area contributed by atoms with Crippen LogP contribution in [0.3, 0.4) is 0 Å². The molecule has 0 saturated carbocycles. The zero-order chi connectivity index (χ0) is 15.6. The first-order valence-corrected chi connectivity index (χ1v) is 9.39. The molecule has 0 aliphatic carbocycles. The second-order valence-electron chi connectivity index (χ2n) is 7.42. The van der Waals surface area contributed by atoms with Gasteiger partial charge in [-0.3, -0.25) is 0 Å². The Balaban J connectivity index is 3.87. The minimum atomic E-state index is -0.509. The van der Waals surface area contributed by atoms with Crippen molar-refractivity contribution in [2.75, 3.05) is 6.61 Å². The molecule has 3 heteroatoms. The van der Waals surface area contributed by atoms with Crippen molar-refractivity contribution >= 4 is 9.76 Å². The summed E-state index contributed by atoms with van der Waals surface area (Å²) in [5.74, 6) is 0.694. The highest BCUT2D eigenvalue weighted by Gasteiger charge is 2.27. The van der Waals surface area contributed by atoms with Crippen molar-refractivity contribution in [3.05, 3.63) is 12.2 Å². The van der Waals surface area contributed by atoms with Gasteiger partial charge in [0, 0.05) is 12.2 Å². The number of hydrogen-bond donors (Lipinski definition) is 1. The van der Waals surface area contributed by atoms with Crippen molar-refractivity contribution in [1.29, 1.82) is 0 Å². The maximum Gasteiger partial charge on any atom is 0.168 e. The van der Waals surface area contributed by atoms with E-state index in [1.54, 1.807) is 0 Å². The third kappa shape index (κ3) is 9.73. The minimum Gasteiger partial charge on any atom is -0.419 e. The number of aliphatic hydroxyl groups excluding tert-OH is 1. The minimum absolute atomic E-state index is 0.0251. The largest absolute Gasteiger partial charge is 0.419 e. The Hall–Kier alpha value is -0.123. The lowest BCUT2D eigenvalue weighted by atomic mass is 9.99. The Morgan fingerprint density at radius 3 is 2.10 bits per heavy atom. The van der Waals surface area contributed by atoms with Crippen LogP contribution in [0.25, 0.3) is 0 Å². The Morgan fingerprint density at radius 1 is 1.05 bits per heavy atom. The molecule has 0 unspecified atom stereocenters. The first-order chi connectivity index (χ1) is 9.21. The summed E-state index contributed by atoms with van der Waals surface area (Å²) in [6, 6.07) is 0. The molecule has 0 bridgehead atoms. The van der Waals surface area contributed by atoms with Gasteiger partial charge in [-0.1, -0.05) is 39.8 Å². The molecule has 0 spiro atoms. The van der Waals surface area contributed by atoms with Crippen LogP contribution < -0.4 is 0 Å². The number of unbranched alkanes of at least 4 members (excludes halogenated alkanes) is 2. The van der Waals surface area contributed by atoms with Gasteiger partial charge >= 0.3 is 0 Å². The zero-order valence-electron chi connectivity index (χ0n) is 14.5. The van der Waals surface area contributed by atoms with Gasteiger partial charge in [-0.2, -0.15) is 0 Å². The molecular weight excluding hydrogens is 264 g/mol. The van der Waals surface area contributed by atoms with Gasteiger partial charge in [-0.05, 0) is 56.9 Å². The van der Waals surface area contributed by atoms with Crippen LogP contribution in [-0.2, 0) is 4.43 Å². The summed E-state index contributed by atoms with van der Waals surface area (Å²) in [6.07, 6.45) is 9.71. The molecule has 120 valence electrons. The van der Waals surface area contributed by atoms with Crippen molar-refractivity contribution < 1.29 is 9.53 Å². The summed E-state index contributed by atoms with van der Waals surface area (Å²) < 4.78 is 6.28. The maximum absolute atomic E-state index is 8.69. The molecule has 0 aromatic carbocycles. The van der Waals surface area contributed by atoms with Gasteiger partial charge in [0.15, 0.2) is 9.76 Å². The van der Waals surface area contributed by atoms with E-state index in [2.05, 4.69) is 53.7 Å². The molecule has 0 saturated heterocycles. The monoisotopic (exact) mass is 300 g/mol. The fourth-order valence-corrected chi connectivity index (χ4v) is 2.95. The third-order valence-corrected chi connectivity index (χ3v) is 6.73. The van der Waals surface area contributed by atoms with E-state index in [9.17, 15) is 0 Å². The number of allylic oxidation sites excluding steroid dienone is 2. The molecule has 0 aliphatic rings. The van der Waals surface area contributed by atoms with Crippen molar-refractivity contribution in [3.8, 4) is 0 Å². The molecule has 20 heavy (non-hydrogen) atoms. The molecule has 2 nitrogen and oxygen atoms in total. The molecule has 0 aromatic heterocycles. The number of aliphatic hydroxyl groups is 1.